The Morgan fingerprint density at radius 3 is 2.71 bits per heavy atom. The number of thioether (sulfide) groups is 1. The lowest BCUT2D eigenvalue weighted by atomic mass is 10.3. The molecule has 1 aliphatic rings. The molecular formula is C13H17NO5S2. The first-order chi connectivity index (χ1) is 10.0. The molecule has 0 saturated heterocycles. The van der Waals surface area contributed by atoms with Gasteiger partial charge in [0, 0.05) is 18.2 Å². The first-order valence-corrected chi connectivity index (χ1v) is 9.20. The number of carbonyl (C=O) groups excluding carboxylic acids is 1. The average molecular weight is 331 g/mol. The Labute approximate surface area is 128 Å². The summed E-state index contributed by atoms with van der Waals surface area (Å²) in [5.74, 6) is 1.86. The normalized spacial score (nSPS) is 13.8. The Morgan fingerprint density at radius 1 is 1.29 bits per heavy atom. The lowest BCUT2D eigenvalue weighted by Crippen LogP contribution is -2.31. The summed E-state index contributed by atoms with van der Waals surface area (Å²) in [6.07, 6.45) is 0.169. The topological polar surface area (TPSA) is 81.7 Å². The second kappa shape index (κ2) is 7.04. The minimum absolute atomic E-state index is 0.0109. The molecule has 2 rings (SSSR count). The van der Waals surface area contributed by atoms with Gasteiger partial charge in [0.15, 0.2) is 11.5 Å². The van der Waals surface area contributed by atoms with E-state index >= 15 is 0 Å². The van der Waals surface area contributed by atoms with E-state index in [1.165, 1.54) is 18.2 Å². The van der Waals surface area contributed by atoms with E-state index in [2.05, 4.69) is 4.72 Å². The van der Waals surface area contributed by atoms with Crippen molar-refractivity contribution in [1.29, 1.82) is 0 Å². The molecule has 1 amide bonds. The van der Waals surface area contributed by atoms with Crippen molar-refractivity contribution < 1.29 is 22.7 Å². The third-order valence-electron chi connectivity index (χ3n) is 2.75. The van der Waals surface area contributed by atoms with Gasteiger partial charge in [-0.25, -0.2) is 13.1 Å². The molecule has 21 heavy (non-hydrogen) atoms. The van der Waals surface area contributed by atoms with E-state index in [1.807, 2.05) is 6.92 Å². The van der Waals surface area contributed by atoms with E-state index in [0.29, 0.717) is 30.5 Å². The Morgan fingerprint density at radius 2 is 2.00 bits per heavy atom. The first-order valence-electron chi connectivity index (χ1n) is 6.56. The number of hydrogen-bond acceptors (Lipinski definition) is 6. The van der Waals surface area contributed by atoms with Crippen LogP contribution in [0.2, 0.25) is 0 Å². The van der Waals surface area contributed by atoms with E-state index in [1.54, 1.807) is 11.8 Å². The number of nitrogens with one attached hydrogen (secondary N) is 1. The molecule has 0 radical (unpaired) electrons. The van der Waals surface area contributed by atoms with Crippen LogP contribution in [0, 0.1) is 0 Å². The third-order valence-corrected chi connectivity index (χ3v) is 5.02. The molecule has 1 N–H and O–H groups in total. The zero-order chi connectivity index (χ0) is 15.3. The highest BCUT2D eigenvalue weighted by atomic mass is 32.2. The Balaban J connectivity index is 2.07. The van der Waals surface area contributed by atoms with Crippen LogP contribution in [-0.2, 0) is 14.8 Å². The Kier molecular flexibility index (Phi) is 5.35. The smallest absolute Gasteiger partial charge is 0.264 e. The zero-order valence-electron chi connectivity index (χ0n) is 11.6. The maximum absolute atomic E-state index is 12.1. The maximum Gasteiger partial charge on any atom is 0.264 e. The van der Waals surface area contributed by atoms with Crippen LogP contribution in [0.3, 0.4) is 0 Å². The molecule has 8 heteroatoms. The summed E-state index contributed by atoms with van der Waals surface area (Å²) >= 11 is 1.58. The van der Waals surface area contributed by atoms with Gasteiger partial charge in [-0.1, -0.05) is 6.92 Å². The lowest BCUT2D eigenvalue weighted by Gasteiger charge is -2.18. The number of carbonyl (C=O) groups is 1. The number of hydrogen-bond donors (Lipinski definition) is 1. The molecule has 0 bridgehead atoms. The molecule has 1 aliphatic heterocycles. The van der Waals surface area contributed by atoms with Crippen LogP contribution in [0.4, 0.5) is 0 Å². The van der Waals surface area contributed by atoms with Crippen molar-refractivity contribution in [2.75, 3.05) is 24.7 Å². The van der Waals surface area contributed by atoms with Gasteiger partial charge >= 0.3 is 0 Å². The molecule has 0 aliphatic carbocycles. The van der Waals surface area contributed by atoms with Crippen LogP contribution in [0.5, 0.6) is 11.5 Å². The van der Waals surface area contributed by atoms with Crippen molar-refractivity contribution in [3.63, 3.8) is 0 Å². The zero-order valence-corrected chi connectivity index (χ0v) is 13.3. The molecule has 6 nitrogen and oxygen atoms in total. The fraction of sp³-hybridized carbons (Fsp3) is 0.462. The van der Waals surface area contributed by atoms with E-state index in [9.17, 15) is 13.2 Å². The lowest BCUT2D eigenvalue weighted by molar-refractivity contribution is -0.118. The summed E-state index contributed by atoms with van der Waals surface area (Å²) in [4.78, 5) is 11.6. The van der Waals surface area contributed by atoms with E-state index < -0.39 is 15.9 Å². The van der Waals surface area contributed by atoms with Gasteiger partial charge < -0.3 is 9.47 Å². The largest absolute Gasteiger partial charge is 0.486 e. The van der Waals surface area contributed by atoms with Crippen molar-refractivity contribution in [3.8, 4) is 11.5 Å². The van der Waals surface area contributed by atoms with Crippen LogP contribution in [-0.4, -0.2) is 39.0 Å². The van der Waals surface area contributed by atoms with Crippen molar-refractivity contribution in [3.05, 3.63) is 18.2 Å². The Hall–Kier alpha value is -1.41. The minimum atomic E-state index is -3.87. The number of ether oxygens (including phenoxy) is 2. The quantitative estimate of drug-likeness (QED) is 0.794. The van der Waals surface area contributed by atoms with E-state index in [0.717, 1.165) is 5.75 Å². The van der Waals surface area contributed by atoms with Crippen LogP contribution in [0.25, 0.3) is 0 Å². The summed E-state index contributed by atoms with van der Waals surface area (Å²) < 4.78 is 37.0. The van der Waals surface area contributed by atoms with Gasteiger partial charge in [-0.15, -0.1) is 0 Å². The molecular weight excluding hydrogens is 314 g/mol. The summed E-state index contributed by atoms with van der Waals surface area (Å²) in [6, 6.07) is 4.29. The molecule has 0 unspecified atom stereocenters. The molecule has 1 heterocycles. The third kappa shape index (κ3) is 4.28. The summed E-state index contributed by atoms with van der Waals surface area (Å²) in [6.45, 7) is 2.79. The summed E-state index contributed by atoms with van der Waals surface area (Å²) in [7, 11) is -3.87. The molecule has 0 fully saturated rings. The molecule has 0 saturated carbocycles. The fourth-order valence-corrected chi connectivity index (χ4v) is 3.41. The van der Waals surface area contributed by atoms with Gasteiger partial charge in [-0.2, -0.15) is 11.8 Å². The van der Waals surface area contributed by atoms with Gasteiger partial charge in [0.05, 0.1) is 4.90 Å². The predicted octanol–water partition coefficient (Wildman–Crippen LogP) is 1.41. The Bertz CT molecular complexity index is 615. The summed E-state index contributed by atoms with van der Waals surface area (Å²) in [5.41, 5.74) is 0. The van der Waals surface area contributed by atoms with E-state index in [-0.39, 0.29) is 11.3 Å². The van der Waals surface area contributed by atoms with Gasteiger partial charge in [-0.3, -0.25) is 4.79 Å². The summed E-state index contributed by atoms with van der Waals surface area (Å²) in [5, 5.41) is 0. The van der Waals surface area contributed by atoms with Gasteiger partial charge in [0.1, 0.15) is 13.2 Å². The molecule has 0 aromatic heterocycles. The molecule has 0 atom stereocenters. The standard InChI is InChI=1S/C13H17NO5S2/c1-2-20-8-5-13(15)14-21(16,17)10-3-4-11-12(9-10)19-7-6-18-11/h3-4,9H,2,5-8H2,1H3,(H,14,15). The van der Waals surface area contributed by atoms with Crippen molar-refractivity contribution in [2.45, 2.75) is 18.2 Å². The van der Waals surface area contributed by atoms with E-state index in [4.69, 9.17) is 9.47 Å². The maximum atomic E-state index is 12.1. The second-order valence-electron chi connectivity index (χ2n) is 4.28. The van der Waals surface area contributed by atoms with Crippen molar-refractivity contribution in [1.82, 2.24) is 4.72 Å². The predicted molar refractivity (Wildman–Crippen MR) is 80.4 cm³/mol. The number of benzene rings is 1. The fourth-order valence-electron chi connectivity index (χ4n) is 1.76. The average Bonchev–Trinajstić information content (AvgIpc) is 2.46. The second-order valence-corrected chi connectivity index (χ2v) is 7.36. The highest BCUT2D eigenvalue weighted by Crippen LogP contribution is 2.32. The molecule has 116 valence electrons. The highest BCUT2D eigenvalue weighted by Gasteiger charge is 2.21. The number of rotatable bonds is 6. The molecule has 0 spiro atoms. The monoisotopic (exact) mass is 331 g/mol. The van der Waals surface area contributed by atoms with Crippen LogP contribution >= 0.6 is 11.8 Å². The van der Waals surface area contributed by atoms with Crippen LogP contribution in [0.1, 0.15) is 13.3 Å². The van der Waals surface area contributed by atoms with Gasteiger partial charge in [-0.05, 0) is 17.9 Å². The van der Waals surface area contributed by atoms with Crippen LogP contribution in [0.15, 0.2) is 23.1 Å². The van der Waals surface area contributed by atoms with Crippen LogP contribution < -0.4 is 14.2 Å². The number of sulfonamides is 1. The number of fused-ring (bicyclic) bond motifs is 1. The number of amides is 1. The van der Waals surface area contributed by atoms with Crippen molar-refractivity contribution in [2.24, 2.45) is 0 Å². The molecule has 1 aromatic rings. The van der Waals surface area contributed by atoms with Gasteiger partial charge in [0.25, 0.3) is 10.0 Å². The van der Waals surface area contributed by atoms with Gasteiger partial charge in [0.2, 0.25) is 5.91 Å². The minimum Gasteiger partial charge on any atom is -0.486 e. The SMILES string of the molecule is CCSCCC(=O)NS(=O)(=O)c1ccc2c(c1)OCCO2. The highest BCUT2D eigenvalue weighted by molar-refractivity contribution is 7.99. The first kappa shape index (κ1) is 16.0. The van der Waals surface area contributed by atoms with Crippen molar-refractivity contribution >= 4 is 27.7 Å². The molecule has 1 aromatic carbocycles.